The molecule has 2 atom stereocenters. The third-order valence-electron chi connectivity index (χ3n) is 2.97. The summed E-state index contributed by atoms with van der Waals surface area (Å²) in [6.07, 6.45) is 2.30. The van der Waals surface area contributed by atoms with Crippen molar-refractivity contribution < 1.29 is 4.74 Å². The van der Waals surface area contributed by atoms with Gasteiger partial charge in [0, 0.05) is 23.0 Å². The molecule has 0 saturated carbocycles. The summed E-state index contributed by atoms with van der Waals surface area (Å²) in [6.45, 7) is 1.68. The fourth-order valence-corrected chi connectivity index (χ4v) is 2.60. The van der Waals surface area contributed by atoms with Crippen molar-refractivity contribution in [2.45, 2.75) is 18.9 Å². The zero-order valence-corrected chi connectivity index (χ0v) is 10.2. The van der Waals surface area contributed by atoms with E-state index >= 15 is 0 Å². The van der Waals surface area contributed by atoms with Gasteiger partial charge in [-0.15, -0.1) is 0 Å². The quantitative estimate of drug-likeness (QED) is 0.896. The summed E-state index contributed by atoms with van der Waals surface area (Å²) in [4.78, 5) is 0. The molecule has 82 valence electrons. The third-order valence-corrected chi connectivity index (χ3v) is 3.69. The van der Waals surface area contributed by atoms with Gasteiger partial charge in [-0.25, -0.2) is 0 Å². The molecule has 2 N–H and O–H groups in total. The molecule has 1 aromatic carbocycles. The zero-order valence-electron chi connectivity index (χ0n) is 8.66. The van der Waals surface area contributed by atoms with Gasteiger partial charge in [0.15, 0.2) is 0 Å². The van der Waals surface area contributed by atoms with E-state index in [2.05, 4.69) is 22.0 Å². The summed E-state index contributed by atoms with van der Waals surface area (Å²) in [7, 11) is 0. The molecule has 1 aliphatic rings. The van der Waals surface area contributed by atoms with Gasteiger partial charge in [-0.1, -0.05) is 34.1 Å². The van der Waals surface area contributed by atoms with E-state index in [9.17, 15) is 0 Å². The molecular weight excluding hydrogens is 254 g/mol. The first kappa shape index (κ1) is 11.1. The molecule has 1 saturated heterocycles. The highest BCUT2D eigenvalue weighted by Gasteiger charge is 2.23. The normalized spacial score (nSPS) is 23.7. The fraction of sp³-hybridized carbons (Fsp3) is 0.500. The van der Waals surface area contributed by atoms with Crippen LogP contribution in [0.25, 0.3) is 0 Å². The molecule has 0 aromatic heterocycles. The molecule has 2 unspecified atom stereocenters. The van der Waals surface area contributed by atoms with Gasteiger partial charge in [0.1, 0.15) is 0 Å². The lowest BCUT2D eigenvalue weighted by atomic mass is 9.89. The highest BCUT2D eigenvalue weighted by molar-refractivity contribution is 9.10. The van der Waals surface area contributed by atoms with Crippen LogP contribution >= 0.6 is 15.9 Å². The monoisotopic (exact) mass is 269 g/mol. The second kappa shape index (κ2) is 5.10. The van der Waals surface area contributed by atoms with Gasteiger partial charge in [0.05, 0.1) is 6.61 Å². The second-order valence-corrected chi connectivity index (χ2v) is 4.88. The minimum Gasteiger partial charge on any atom is -0.381 e. The van der Waals surface area contributed by atoms with Crippen molar-refractivity contribution in [1.29, 1.82) is 0 Å². The van der Waals surface area contributed by atoms with Crippen molar-refractivity contribution in [3.05, 3.63) is 34.3 Å². The van der Waals surface area contributed by atoms with Crippen LogP contribution in [0.1, 0.15) is 24.4 Å². The van der Waals surface area contributed by atoms with Gasteiger partial charge in [-0.2, -0.15) is 0 Å². The molecule has 0 radical (unpaired) electrons. The molecule has 0 bridgehead atoms. The van der Waals surface area contributed by atoms with Crippen LogP contribution in [0.15, 0.2) is 28.7 Å². The first-order valence-corrected chi connectivity index (χ1v) is 6.16. The molecule has 1 aromatic rings. The Hall–Kier alpha value is -0.380. The average molecular weight is 270 g/mol. The maximum atomic E-state index is 6.26. The van der Waals surface area contributed by atoms with Crippen molar-refractivity contribution in [3.63, 3.8) is 0 Å². The Labute approximate surface area is 98.9 Å². The Bertz CT molecular complexity index is 323. The molecule has 15 heavy (non-hydrogen) atoms. The number of halogens is 1. The molecule has 1 aliphatic heterocycles. The predicted octanol–water partition coefficient (Wildman–Crippen LogP) is 2.88. The maximum Gasteiger partial charge on any atom is 0.0512 e. The van der Waals surface area contributed by atoms with Crippen molar-refractivity contribution in [2.24, 2.45) is 11.7 Å². The predicted molar refractivity (Wildman–Crippen MR) is 64.6 cm³/mol. The lowest BCUT2D eigenvalue weighted by molar-refractivity contribution is 0.0447. The van der Waals surface area contributed by atoms with Crippen molar-refractivity contribution in [2.75, 3.05) is 13.2 Å². The molecule has 0 amide bonds. The largest absolute Gasteiger partial charge is 0.381 e. The number of hydrogen-bond donors (Lipinski definition) is 1. The van der Waals surface area contributed by atoms with E-state index < -0.39 is 0 Å². The van der Waals surface area contributed by atoms with Gasteiger partial charge in [-0.3, -0.25) is 0 Å². The van der Waals surface area contributed by atoms with Gasteiger partial charge < -0.3 is 10.5 Å². The fourth-order valence-electron chi connectivity index (χ4n) is 2.05. The van der Waals surface area contributed by atoms with Crippen LogP contribution in [-0.4, -0.2) is 13.2 Å². The molecule has 3 heteroatoms. The van der Waals surface area contributed by atoms with Gasteiger partial charge in [0.25, 0.3) is 0 Å². The first-order valence-electron chi connectivity index (χ1n) is 5.37. The smallest absolute Gasteiger partial charge is 0.0512 e. The summed E-state index contributed by atoms with van der Waals surface area (Å²) >= 11 is 3.54. The summed E-state index contributed by atoms with van der Waals surface area (Å²) in [5, 5.41) is 0. The van der Waals surface area contributed by atoms with Gasteiger partial charge in [0.2, 0.25) is 0 Å². The molecule has 0 spiro atoms. The first-order chi connectivity index (χ1) is 7.29. The Kier molecular flexibility index (Phi) is 3.78. The summed E-state index contributed by atoms with van der Waals surface area (Å²) < 4.78 is 6.57. The number of ether oxygens (including phenoxy) is 1. The van der Waals surface area contributed by atoms with E-state index in [1.165, 1.54) is 12.0 Å². The lowest BCUT2D eigenvalue weighted by Gasteiger charge is -2.28. The van der Waals surface area contributed by atoms with Crippen LogP contribution in [0.3, 0.4) is 0 Å². The lowest BCUT2D eigenvalue weighted by Crippen LogP contribution is -2.29. The Morgan fingerprint density at radius 2 is 2.20 bits per heavy atom. The number of nitrogens with two attached hydrogens (primary N) is 1. The van der Waals surface area contributed by atoms with Crippen LogP contribution in [-0.2, 0) is 4.74 Å². The highest BCUT2D eigenvalue weighted by Crippen LogP contribution is 2.30. The van der Waals surface area contributed by atoms with Crippen molar-refractivity contribution in [1.82, 2.24) is 0 Å². The molecular formula is C12H16BrNO. The van der Waals surface area contributed by atoms with Gasteiger partial charge >= 0.3 is 0 Å². The van der Waals surface area contributed by atoms with E-state index in [0.717, 1.165) is 24.1 Å². The Balaban J connectivity index is 2.12. The van der Waals surface area contributed by atoms with Crippen molar-refractivity contribution >= 4 is 15.9 Å². The number of hydrogen-bond acceptors (Lipinski definition) is 2. The summed E-state index contributed by atoms with van der Waals surface area (Å²) in [5.74, 6) is 0.456. The van der Waals surface area contributed by atoms with E-state index in [0.29, 0.717) is 5.92 Å². The molecule has 0 aliphatic carbocycles. The second-order valence-electron chi connectivity index (χ2n) is 4.02. The van der Waals surface area contributed by atoms with Crippen LogP contribution < -0.4 is 5.73 Å². The standard InChI is InChI=1S/C12H16BrNO/c13-11-6-2-1-5-10(11)12(14)9-4-3-7-15-8-9/h1-2,5-6,9,12H,3-4,7-8,14H2. The third kappa shape index (κ3) is 2.60. The minimum absolute atomic E-state index is 0.0841. The zero-order chi connectivity index (χ0) is 10.7. The van der Waals surface area contributed by atoms with E-state index in [-0.39, 0.29) is 6.04 Å². The van der Waals surface area contributed by atoms with E-state index in [1.807, 2.05) is 18.2 Å². The van der Waals surface area contributed by atoms with Crippen LogP contribution in [0.4, 0.5) is 0 Å². The van der Waals surface area contributed by atoms with Crippen LogP contribution in [0.2, 0.25) is 0 Å². The average Bonchev–Trinajstić information content (AvgIpc) is 2.30. The van der Waals surface area contributed by atoms with Crippen molar-refractivity contribution in [3.8, 4) is 0 Å². The number of rotatable bonds is 2. The topological polar surface area (TPSA) is 35.2 Å². The maximum absolute atomic E-state index is 6.26. The minimum atomic E-state index is 0.0841. The van der Waals surface area contributed by atoms with Crippen LogP contribution in [0.5, 0.6) is 0 Å². The molecule has 2 nitrogen and oxygen atoms in total. The van der Waals surface area contributed by atoms with E-state index in [1.54, 1.807) is 0 Å². The Morgan fingerprint density at radius 3 is 2.87 bits per heavy atom. The summed E-state index contributed by atoms with van der Waals surface area (Å²) in [5.41, 5.74) is 7.45. The van der Waals surface area contributed by atoms with Gasteiger partial charge in [-0.05, 0) is 24.5 Å². The SMILES string of the molecule is NC(c1ccccc1Br)C1CCCOC1. The van der Waals surface area contributed by atoms with E-state index in [4.69, 9.17) is 10.5 Å². The number of benzene rings is 1. The molecule has 1 heterocycles. The molecule has 1 fully saturated rings. The highest BCUT2D eigenvalue weighted by atomic mass is 79.9. The van der Waals surface area contributed by atoms with Crippen LogP contribution in [0, 0.1) is 5.92 Å². The molecule has 2 rings (SSSR count). The summed E-state index contributed by atoms with van der Waals surface area (Å²) in [6, 6.07) is 8.25. The Morgan fingerprint density at radius 1 is 1.40 bits per heavy atom.